The number of benzene rings is 1. The van der Waals surface area contributed by atoms with E-state index < -0.39 is 10.0 Å². The number of rotatable bonds is 5. The normalized spacial score (nSPS) is 16.2. The maximum Gasteiger partial charge on any atom is 0.243 e. The maximum atomic E-state index is 12.5. The molecule has 6 nitrogen and oxygen atoms in total. The van der Waals surface area contributed by atoms with Gasteiger partial charge < -0.3 is 14.8 Å². The van der Waals surface area contributed by atoms with E-state index in [2.05, 4.69) is 11.2 Å². The smallest absolute Gasteiger partial charge is 0.243 e. The maximum absolute atomic E-state index is 12.5. The molecule has 0 spiro atoms. The number of nitrogens with zero attached hydrogens (tertiary/aromatic N) is 1. The van der Waals surface area contributed by atoms with Gasteiger partial charge in [-0.25, -0.2) is 8.42 Å². The molecule has 0 radical (unpaired) electrons. The predicted molar refractivity (Wildman–Crippen MR) is 79.9 cm³/mol. The molecular formula is C14H18N2O4S. The first-order valence-corrected chi connectivity index (χ1v) is 7.97. The van der Waals surface area contributed by atoms with E-state index in [0.29, 0.717) is 44.3 Å². The summed E-state index contributed by atoms with van der Waals surface area (Å²) in [6.45, 7) is 1.89. The first-order valence-electron chi connectivity index (χ1n) is 6.53. The van der Waals surface area contributed by atoms with E-state index in [-0.39, 0.29) is 4.90 Å². The number of ether oxygens (including phenoxy) is 2. The third-order valence-corrected chi connectivity index (χ3v) is 5.06. The largest absolute Gasteiger partial charge is 0.495 e. The van der Waals surface area contributed by atoms with Gasteiger partial charge >= 0.3 is 0 Å². The SMILES string of the molecule is C#CCNc1ccc(S(=O)(=O)N2CCOCC2)cc1OC. The van der Waals surface area contributed by atoms with Gasteiger partial charge in [0.2, 0.25) is 10.0 Å². The van der Waals surface area contributed by atoms with Gasteiger partial charge in [-0.05, 0) is 12.1 Å². The lowest BCUT2D eigenvalue weighted by molar-refractivity contribution is 0.0730. The summed E-state index contributed by atoms with van der Waals surface area (Å²) in [5.41, 5.74) is 0.663. The second-order valence-electron chi connectivity index (χ2n) is 4.44. The lowest BCUT2D eigenvalue weighted by atomic mass is 10.3. The first kappa shape index (κ1) is 15.6. The van der Waals surface area contributed by atoms with Gasteiger partial charge in [0.05, 0.1) is 37.5 Å². The van der Waals surface area contributed by atoms with Crippen molar-refractivity contribution < 1.29 is 17.9 Å². The molecule has 21 heavy (non-hydrogen) atoms. The molecule has 1 heterocycles. The van der Waals surface area contributed by atoms with E-state index in [4.69, 9.17) is 15.9 Å². The lowest BCUT2D eigenvalue weighted by Gasteiger charge is -2.26. The summed E-state index contributed by atoms with van der Waals surface area (Å²) in [7, 11) is -2.04. The zero-order valence-electron chi connectivity index (χ0n) is 11.8. The van der Waals surface area contributed by atoms with Gasteiger partial charge in [0, 0.05) is 19.2 Å². The Bertz CT molecular complexity index is 631. The zero-order valence-corrected chi connectivity index (χ0v) is 12.6. The Balaban J connectivity index is 2.29. The molecule has 1 fully saturated rings. The predicted octanol–water partition coefficient (Wildman–Crippen LogP) is 0.761. The molecule has 2 rings (SSSR count). The van der Waals surface area contributed by atoms with Crippen LogP contribution in [0.1, 0.15) is 0 Å². The number of hydrogen-bond acceptors (Lipinski definition) is 5. The molecule has 0 saturated carbocycles. The molecule has 0 unspecified atom stereocenters. The van der Waals surface area contributed by atoms with Crippen LogP contribution in [0.15, 0.2) is 23.1 Å². The summed E-state index contributed by atoms with van der Waals surface area (Å²) in [5.74, 6) is 2.90. The number of nitrogens with one attached hydrogen (secondary N) is 1. The molecule has 7 heteroatoms. The van der Waals surface area contributed by atoms with Gasteiger partial charge in [0.25, 0.3) is 0 Å². The number of anilines is 1. The third kappa shape index (κ3) is 3.47. The van der Waals surface area contributed by atoms with Gasteiger partial charge in [-0.15, -0.1) is 6.42 Å². The van der Waals surface area contributed by atoms with E-state index in [9.17, 15) is 8.42 Å². The van der Waals surface area contributed by atoms with Crippen LogP contribution in [-0.2, 0) is 14.8 Å². The van der Waals surface area contributed by atoms with Gasteiger partial charge in [-0.2, -0.15) is 4.31 Å². The van der Waals surface area contributed by atoms with Crippen molar-refractivity contribution >= 4 is 15.7 Å². The fraction of sp³-hybridized carbons (Fsp3) is 0.429. The van der Waals surface area contributed by atoms with Crippen LogP contribution in [0.2, 0.25) is 0 Å². The Hall–Kier alpha value is -1.75. The minimum absolute atomic E-state index is 0.201. The summed E-state index contributed by atoms with van der Waals surface area (Å²) >= 11 is 0. The molecule has 0 atom stereocenters. The van der Waals surface area contributed by atoms with Gasteiger partial charge in [0.15, 0.2) is 0 Å². The van der Waals surface area contributed by atoms with Crippen LogP contribution in [-0.4, -0.2) is 52.7 Å². The number of sulfonamides is 1. The minimum atomic E-state index is -3.53. The first-order chi connectivity index (χ1) is 10.1. The highest BCUT2D eigenvalue weighted by atomic mass is 32.2. The third-order valence-electron chi connectivity index (χ3n) is 3.16. The van der Waals surface area contributed by atoms with E-state index in [1.54, 1.807) is 12.1 Å². The summed E-state index contributed by atoms with van der Waals surface area (Å²) < 4.78 is 36.9. The Morgan fingerprint density at radius 1 is 1.43 bits per heavy atom. The van der Waals surface area contributed by atoms with Crippen LogP contribution in [0.5, 0.6) is 5.75 Å². The van der Waals surface area contributed by atoms with Gasteiger partial charge in [-0.1, -0.05) is 5.92 Å². The summed E-state index contributed by atoms with van der Waals surface area (Å²) in [5, 5.41) is 2.98. The zero-order chi connectivity index (χ0) is 15.3. The molecule has 1 aliphatic heterocycles. The van der Waals surface area contributed by atoms with Crippen molar-refractivity contribution in [1.82, 2.24) is 4.31 Å². The highest BCUT2D eigenvalue weighted by Gasteiger charge is 2.27. The Morgan fingerprint density at radius 3 is 2.76 bits per heavy atom. The molecule has 0 bridgehead atoms. The molecule has 0 amide bonds. The van der Waals surface area contributed by atoms with Crippen molar-refractivity contribution in [3.05, 3.63) is 18.2 Å². The Morgan fingerprint density at radius 2 is 2.14 bits per heavy atom. The summed E-state index contributed by atoms with van der Waals surface area (Å²) in [6, 6.07) is 4.71. The lowest BCUT2D eigenvalue weighted by Crippen LogP contribution is -2.40. The molecular weight excluding hydrogens is 292 g/mol. The monoisotopic (exact) mass is 310 g/mol. The van der Waals surface area contributed by atoms with Crippen molar-refractivity contribution in [2.24, 2.45) is 0 Å². The molecule has 0 aliphatic carbocycles. The molecule has 0 aromatic heterocycles. The van der Waals surface area contributed by atoms with Crippen molar-refractivity contribution in [2.75, 3.05) is 45.3 Å². The molecule has 1 aliphatic rings. The second kappa shape index (κ2) is 6.80. The van der Waals surface area contributed by atoms with Crippen molar-refractivity contribution in [2.45, 2.75) is 4.90 Å². The number of terminal acetylenes is 1. The summed E-state index contributed by atoms with van der Waals surface area (Å²) in [4.78, 5) is 0.201. The van der Waals surface area contributed by atoms with Crippen LogP contribution in [0, 0.1) is 12.3 Å². The van der Waals surface area contributed by atoms with Crippen molar-refractivity contribution in [3.8, 4) is 18.1 Å². The molecule has 1 saturated heterocycles. The molecule has 1 aromatic carbocycles. The van der Waals surface area contributed by atoms with E-state index in [1.807, 2.05) is 0 Å². The average Bonchev–Trinajstić information content (AvgIpc) is 2.53. The fourth-order valence-corrected chi connectivity index (χ4v) is 3.48. The van der Waals surface area contributed by atoms with Crippen LogP contribution in [0.4, 0.5) is 5.69 Å². The van der Waals surface area contributed by atoms with Crippen LogP contribution < -0.4 is 10.1 Å². The van der Waals surface area contributed by atoms with E-state index in [1.165, 1.54) is 17.5 Å². The number of methoxy groups -OCH3 is 1. The fourth-order valence-electron chi connectivity index (χ4n) is 2.06. The minimum Gasteiger partial charge on any atom is -0.495 e. The van der Waals surface area contributed by atoms with Crippen molar-refractivity contribution in [3.63, 3.8) is 0 Å². The van der Waals surface area contributed by atoms with Crippen LogP contribution >= 0.6 is 0 Å². The molecule has 1 N–H and O–H groups in total. The standard InChI is InChI=1S/C14H18N2O4S/c1-3-6-15-13-5-4-12(11-14(13)19-2)21(17,18)16-7-9-20-10-8-16/h1,4-5,11,15H,6-10H2,2H3. The van der Waals surface area contributed by atoms with Crippen molar-refractivity contribution in [1.29, 1.82) is 0 Å². The van der Waals surface area contributed by atoms with Crippen LogP contribution in [0.25, 0.3) is 0 Å². The average molecular weight is 310 g/mol. The van der Waals surface area contributed by atoms with Gasteiger partial charge in [0.1, 0.15) is 5.75 Å². The second-order valence-corrected chi connectivity index (χ2v) is 6.37. The topological polar surface area (TPSA) is 67.9 Å². The number of morpholine rings is 1. The molecule has 1 aromatic rings. The highest BCUT2D eigenvalue weighted by Crippen LogP contribution is 2.29. The highest BCUT2D eigenvalue weighted by molar-refractivity contribution is 7.89. The van der Waals surface area contributed by atoms with E-state index >= 15 is 0 Å². The Labute approximate surface area is 125 Å². The Kier molecular flexibility index (Phi) is 5.07. The number of hydrogen-bond donors (Lipinski definition) is 1. The quantitative estimate of drug-likeness (QED) is 0.813. The summed E-state index contributed by atoms with van der Waals surface area (Å²) in [6.07, 6.45) is 5.20. The van der Waals surface area contributed by atoms with Crippen LogP contribution in [0.3, 0.4) is 0 Å². The van der Waals surface area contributed by atoms with E-state index in [0.717, 1.165) is 0 Å². The van der Waals surface area contributed by atoms with Gasteiger partial charge in [-0.3, -0.25) is 0 Å². The molecule has 114 valence electrons.